The van der Waals surface area contributed by atoms with Crippen molar-refractivity contribution in [3.05, 3.63) is 34.9 Å². The van der Waals surface area contributed by atoms with Gasteiger partial charge < -0.3 is 10.5 Å². The Morgan fingerprint density at radius 2 is 2.04 bits per heavy atom. The van der Waals surface area contributed by atoms with Gasteiger partial charge in [-0.05, 0) is 24.1 Å². The van der Waals surface area contributed by atoms with Crippen LogP contribution < -0.4 is 5.73 Å². The normalized spacial score (nSPS) is 42.2. The molecule has 5 nitrogen and oxygen atoms in total. The Balaban J connectivity index is 2.03. The van der Waals surface area contributed by atoms with Crippen LogP contribution in [0.25, 0.3) is 0 Å². The van der Waals surface area contributed by atoms with Crippen molar-refractivity contribution in [1.29, 1.82) is 10.5 Å². The lowest BCUT2D eigenvalue weighted by molar-refractivity contribution is 0.0137. The molecular formula is C17H15ClN4OS. The summed E-state index contributed by atoms with van der Waals surface area (Å²) >= 11 is 7.49. The van der Waals surface area contributed by atoms with Crippen molar-refractivity contribution in [3.63, 3.8) is 0 Å². The number of halogens is 1. The van der Waals surface area contributed by atoms with Crippen molar-refractivity contribution in [2.24, 2.45) is 21.6 Å². The number of hydrogen-bond acceptors (Lipinski definition) is 6. The molecule has 7 heteroatoms. The largest absolute Gasteiger partial charge is 0.386 e. The predicted molar refractivity (Wildman–Crippen MR) is 92.3 cm³/mol. The highest BCUT2D eigenvalue weighted by Gasteiger charge is 3.00. The van der Waals surface area contributed by atoms with E-state index in [0.29, 0.717) is 18.1 Å². The van der Waals surface area contributed by atoms with Crippen LogP contribution in [0.1, 0.15) is 18.9 Å². The van der Waals surface area contributed by atoms with Gasteiger partial charge in [-0.2, -0.15) is 10.5 Å². The van der Waals surface area contributed by atoms with Crippen LogP contribution in [0.2, 0.25) is 5.02 Å². The minimum atomic E-state index is -1.17. The molecule has 0 bridgehead atoms. The molecule has 1 saturated heterocycles. The first kappa shape index (κ1) is 15.8. The molecule has 1 aromatic rings. The molecule has 4 atom stereocenters. The molecule has 0 radical (unpaired) electrons. The maximum atomic E-state index is 10.2. The summed E-state index contributed by atoms with van der Waals surface area (Å²) in [6.45, 7) is 2.47. The minimum absolute atomic E-state index is 0.206. The van der Waals surface area contributed by atoms with E-state index in [2.05, 4.69) is 17.1 Å². The van der Waals surface area contributed by atoms with Gasteiger partial charge in [-0.25, -0.2) is 4.99 Å². The van der Waals surface area contributed by atoms with Crippen molar-refractivity contribution in [2.45, 2.75) is 23.8 Å². The van der Waals surface area contributed by atoms with Gasteiger partial charge in [0.15, 0.2) is 10.8 Å². The number of nitrogens with two attached hydrogens (primary N) is 1. The van der Waals surface area contributed by atoms with Crippen LogP contribution in [0.15, 0.2) is 29.3 Å². The van der Waals surface area contributed by atoms with E-state index in [9.17, 15) is 10.5 Å². The van der Waals surface area contributed by atoms with Gasteiger partial charge in [0, 0.05) is 16.2 Å². The highest BCUT2D eigenvalue weighted by atomic mass is 35.5. The van der Waals surface area contributed by atoms with E-state index in [4.69, 9.17) is 22.1 Å². The fraction of sp³-hybridized carbons (Fsp3) is 0.471. The van der Waals surface area contributed by atoms with Gasteiger partial charge >= 0.3 is 0 Å². The summed E-state index contributed by atoms with van der Waals surface area (Å²) in [5.41, 5.74) is 4.08. The molecule has 2 aliphatic heterocycles. The first-order valence-corrected chi connectivity index (χ1v) is 9.10. The number of thioether (sulfide) groups is 1. The Morgan fingerprint density at radius 3 is 2.54 bits per heavy atom. The number of nitriles is 2. The second-order valence-electron chi connectivity index (χ2n) is 6.27. The first-order valence-electron chi connectivity index (χ1n) is 7.74. The Morgan fingerprint density at radius 1 is 1.33 bits per heavy atom. The number of rotatable bonds is 2. The zero-order valence-corrected chi connectivity index (χ0v) is 14.6. The monoisotopic (exact) mass is 358 g/mol. The predicted octanol–water partition coefficient (Wildman–Crippen LogP) is 2.81. The number of hydrogen-bond donors (Lipinski definition) is 1. The Labute approximate surface area is 149 Å². The number of aliphatic imine (C=N–C) groups is 1. The number of benzene rings is 1. The molecular weight excluding hydrogens is 344 g/mol. The van der Waals surface area contributed by atoms with Gasteiger partial charge in [-0.3, -0.25) is 0 Å². The van der Waals surface area contributed by atoms with Crippen molar-refractivity contribution >= 4 is 29.2 Å². The fourth-order valence-electron chi connectivity index (χ4n) is 4.94. The van der Waals surface area contributed by atoms with E-state index in [0.717, 1.165) is 11.3 Å². The molecule has 2 heterocycles. The Kier molecular flexibility index (Phi) is 3.07. The molecule has 1 saturated carbocycles. The molecule has 2 fully saturated rings. The van der Waals surface area contributed by atoms with Crippen LogP contribution >= 0.6 is 23.4 Å². The summed E-state index contributed by atoms with van der Waals surface area (Å²) in [4.78, 5) is 4.49. The number of ether oxygens (including phenoxy) is 1. The maximum Gasteiger partial charge on any atom is 0.231 e. The SMILES string of the molecule is CC[C@]1(c2ccc(Cl)cc2)[C@]2(C#N)C(N)=N[C@@]3(OCCS3)[C@@]21C#N. The summed E-state index contributed by atoms with van der Waals surface area (Å²) in [7, 11) is 0. The standard InChI is InChI=1S/C17H15ClN4OS/c1-2-14(11-3-5-12(18)6-4-11)15(9-19)13(21)22-17(16(14,15)10-20)23-7-8-24-17/h3-6H,2,7-8H2,1H3,(H2,21,22)/t14-,15-,16+,17+/m0/s1. The van der Waals surface area contributed by atoms with E-state index < -0.39 is 21.3 Å². The lowest BCUT2D eigenvalue weighted by Gasteiger charge is -2.31. The molecule has 122 valence electrons. The van der Waals surface area contributed by atoms with E-state index in [-0.39, 0.29) is 5.84 Å². The van der Waals surface area contributed by atoms with Crippen molar-refractivity contribution in [2.75, 3.05) is 12.4 Å². The molecule has 4 rings (SSSR count). The van der Waals surface area contributed by atoms with Gasteiger partial charge in [0.2, 0.25) is 5.06 Å². The van der Waals surface area contributed by atoms with E-state index in [1.54, 1.807) is 12.1 Å². The molecule has 0 amide bonds. The second-order valence-corrected chi connectivity index (χ2v) is 7.95. The highest BCUT2D eigenvalue weighted by Crippen LogP contribution is 2.88. The van der Waals surface area contributed by atoms with Gasteiger partial charge in [-0.1, -0.05) is 42.4 Å². The highest BCUT2D eigenvalue weighted by molar-refractivity contribution is 8.00. The van der Waals surface area contributed by atoms with Crippen LogP contribution in [0, 0.1) is 33.5 Å². The average Bonchev–Trinajstić information content (AvgIpc) is 2.81. The van der Waals surface area contributed by atoms with Crippen LogP contribution in [0.4, 0.5) is 0 Å². The summed E-state index contributed by atoms with van der Waals surface area (Å²) < 4.78 is 5.95. The average molecular weight is 359 g/mol. The van der Waals surface area contributed by atoms with Gasteiger partial charge in [0.25, 0.3) is 0 Å². The van der Waals surface area contributed by atoms with Crippen molar-refractivity contribution in [1.82, 2.24) is 0 Å². The van der Waals surface area contributed by atoms with Gasteiger partial charge in [0.1, 0.15) is 5.84 Å². The Hall–Kier alpha value is -1.73. The second kappa shape index (κ2) is 4.67. The molecule has 2 N–H and O–H groups in total. The summed E-state index contributed by atoms with van der Waals surface area (Å²) in [5.74, 6) is 0.931. The summed E-state index contributed by atoms with van der Waals surface area (Å²) in [6.07, 6.45) is 0.581. The number of amidine groups is 1. The number of nitrogens with zero attached hydrogens (tertiary/aromatic N) is 3. The lowest BCUT2D eigenvalue weighted by Crippen LogP contribution is -2.39. The minimum Gasteiger partial charge on any atom is -0.386 e. The lowest BCUT2D eigenvalue weighted by atomic mass is 9.81. The van der Waals surface area contributed by atoms with E-state index in [1.165, 1.54) is 11.8 Å². The molecule has 1 aromatic carbocycles. The smallest absolute Gasteiger partial charge is 0.231 e. The Bertz CT molecular complexity index is 836. The van der Waals surface area contributed by atoms with Crippen molar-refractivity contribution in [3.8, 4) is 12.1 Å². The molecule has 24 heavy (non-hydrogen) atoms. The summed E-state index contributed by atoms with van der Waals surface area (Å²) in [6, 6.07) is 12.1. The third kappa shape index (κ3) is 1.26. The van der Waals surface area contributed by atoms with E-state index in [1.807, 2.05) is 19.1 Å². The maximum absolute atomic E-state index is 10.2. The van der Waals surface area contributed by atoms with E-state index >= 15 is 0 Å². The molecule has 3 aliphatic rings. The van der Waals surface area contributed by atoms with Crippen LogP contribution in [0.3, 0.4) is 0 Å². The first-order chi connectivity index (χ1) is 11.5. The molecule has 0 aromatic heterocycles. The zero-order valence-electron chi connectivity index (χ0n) is 13.0. The topological polar surface area (TPSA) is 95.2 Å². The van der Waals surface area contributed by atoms with Crippen LogP contribution in [-0.2, 0) is 10.2 Å². The molecule has 1 spiro atoms. The van der Waals surface area contributed by atoms with Crippen molar-refractivity contribution < 1.29 is 4.74 Å². The third-order valence-electron chi connectivity index (χ3n) is 5.79. The quantitative estimate of drug-likeness (QED) is 0.877. The molecule has 0 unspecified atom stereocenters. The van der Waals surface area contributed by atoms with Crippen LogP contribution in [-0.4, -0.2) is 23.3 Å². The fourth-order valence-corrected chi connectivity index (χ4v) is 6.43. The third-order valence-corrected chi connectivity index (χ3v) is 7.32. The zero-order chi connectivity index (χ0) is 17.2. The summed E-state index contributed by atoms with van der Waals surface area (Å²) in [5, 5.41) is 19.9. The van der Waals surface area contributed by atoms with Gasteiger partial charge in [0.05, 0.1) is 18.7 Å². The molecule has 1 aliphatic carbocycles. The number of fused-ring (bicyclic) bond motifs is 2. The van der Waals surface area contributed by atoms with Crippen LogP contribution in [0.5, 0.6) is 0 Å². The van der Waals surface area contributed by atoms with Gasteiger partial charge in [-0.15, -0.1) is 0 Å².